The molecule has 3 heteroatoms. The van der Waals surface area contributed by atoms with E-state index in [2.05, 4.69) is 5.32 Å². The van der Waals surface area contributed by atoms with Crippen molar-refractivity contribution in [3.05, 3.63) is 64.2 Å². The van der Waals surface area contributed by atoms with E-state index < -0.39 is 0 Å². The van der Waals surface area contributed by atoms with Crippen molar-refractivity contribution in [3.8, 4) is 0 Å². The lowest BCUT2D eigenvalue weighted by Crippen LogP contribution is -2.16. The van der Waals surface area contributed by atoms with Crippen molar-refractivity contribution in [3.63, 3.8) is 0 Å². The molecule has 0 aliphatic heterocycles. The summed E-state index contributed by atoms with van der Waals surface area (Å²) in [6.45, 7) is 4.03. The molecule has 1 aliphatic rings. The minimum atomic E-state index is 0.0314. The Bertz CT molecular complexity index is 675. The van der Waals surface area contributed by atoms with Crippen LogP contribution in [0.25, 0.3) is 0 Å². The largest absolute Gasteiger partial charge is 0.325 e. The van der Waals surface area contributed by atoms with E-state index in [4.69, 9.17) is 11.6 Å². The van der Waals surface area contributed by atoms with Gasteiger partial charge < -0.3 is 5.32 Å². The molecule has 0 aromatic heterocycles. The average Bonchev–Trinajstić information content (AvgIpc) is 3.24. The number of hydrogen-bond acceptors (Lipinski definition) is 1. The molecule has 1 saturated carbocycles. The molecule has 1 N–H and O–H groups in total. The maximum Gasteiger partial charge on any atom is 0.228 e. The zero-order chi connectivity index (χ0) is 15.0. The second kappa shape index (κ2) is 5.53. The van der Waals surface area contributed by atoms with Gasteiger partial charge in [0.05, 0.1) is 0 Å². The predicted octanol–water partition coefficient (Wildman–Crippen LogP) is 4.70. The first-order chi connectivity index (χ1) is 10.1. The van der Waals surface area contributed by atoms with E-state index in [0.29, 0.717) is 0 Å². The Labute approximate surface area is 130 Å². The number of amides is 1. The summed E-state index contributed by atoms with van der Waals surface area (Å²) in [5.41, 5.74) is 4.21. The van der Waals surface area contributed by atoms with Gasteiger partial charge in [0.15, 0.2) is 0 Å². The van der Waals surface area contributed by atoms with Crippen LogP contribution in [0.1, 0.15) is 29.0 Å². The smallest absolute Gasteiger partial charge is 0.228 e. The summed E-state index contributed by atoms with van der Waals surface area (Å²) in [5, 5.41) is 3.83. The Hall–Kier alpha value is -1.80. The molecule has 108 valence electrons. The number of aryl methyl sites for hydroxylation is 2. The van der Waals surface area contributed by atoms with Gasteiger partial charge in [0.2, 0.25) is 5.91 Å². The third-order valence-electron chi connectivity index (χ3n) is 4.16. The lowest BCUT2D eigenvalue weighted by molar-refractivity contribution is -0.117. The molecule has 0 bridgehead atoms. The summed E-state index contributed by atoms with van der Waals surface area (Å²) in [7, 11) is 0. The van der Waals surface area contributed by atoms with Crippen molar-refractivity contribution in [1.82, 2.24) is 0 Å². The summed E-state index contributed by atoms with van der Waals surface area (Å²) in [6, 6.07) is 13.8. The fourth-order valence-corrected chi connectivity index (χ4v) is 3.11. The molecule has 0 radical (unpaired) electrons. The Morgan fingerprint density at radius 2 is 1.76 bits per heavy atom. The first-order valence-corrected chi connectivity index (χ1v) is 7.57. The predicted molar refractivity (Wildman–Crippen MR) is 86.8 cm³/mol. The summed E-state index contributed by atoms with van der Waals surface area (Å²) >= 11 is 6.21. The van der Waals surface area contributed by atoms with E-state index in [1.807, 2.05) is 56.3 Å². The molecule has 1 amide bonds. The van der Waals surface area contributed by atoms with Gasteiger partial charge >= 0.3 is 0 Å². The van der Waals surface area contributed by atoms with E-state index in [9.17, 15) is 4.79 Å². The maximum atomic E-state index is 12.4. The number of nitrogens with one attached hydrogen (secondary N) is 1. The molecule has 2 unspecified atom stereocenters. The van der Waals surface area contributed by atoms with Gasteiger partial charge in [0, 0.05) is 16.6 Å². The lowest BCUT2D eigenvalue weighted by atomic mass is 10.1. The zero-order valence-corrected chi connectivity index (χ0v) is 12.9. The minimum Gasteiger partial charge on any atom is -0.325 e. The highest BCUT2D eigenvalue weighted by atomic mass is 35.5. The van der Waals surface area contributed by atoms with Crippen molar-refractivity contribution in [2.45, 2.75) is 26.2 Å². The molecule has 0 heterocycles. The molecule has 2 nitrogen and oxygen atoms in total. The van der Waals surface area contributed by atoms with Gasteiger partial charge in [-0.2, -0.15) is 0 Å². The van der Waals surface area contributed by atoms with E-state index in [1.54, 1.807) is 0 Å². The fraction of sp³-hybridized carbons (Fsp3) is 0.278. The maximum absolute atomic E-state index is 12.4. The number of hydrogen-bond donors (Lipinski definition) is 1. The Kier molecular flexibility index (Phi) is 3.73. The van der Waals surface area contributed by atoms with E-state index >= 15 is 0 Å². The second-order valence-electron chi connectivity index (χ2n) is 5.73. The van der Waals surface area contributed by atoms with E-state index in [1.165, 1.54) is 0 Å². The number of benzene rings is 2. The average molecular weight is 300 g/mol. The van der Waals surface area contributed by atoms with Crippen LogP contribution in [0.3, 0.4) is 0 Å². The van der Waals surface area contributed by atoms with Gasteiger partial charge in [-0.1, -0.05) is 48.0 Å². The Morgan fingerprint density at radius 1 is 1.10 bits per heavy atom. The summed E-state index contributed by atoms with van der Waals surface area (Å²) in [5.74, 6) is 0.379. The van der Waals surface area contributed by atoms with Crippen LogP contribution in [0.15, 0.2) is 42.5 Å². The van der Waals surface area contributed by atoms with Gasteiger partial charge in [0.1, 0.15) is 0 Å². The van der Waals surface area contributed by atoms with Crippen molar-refractivity contribution in [1.29, 1.82) is 0 Å². The van der Waals surface area contributed by atoms with Gasteiger partial charge in [-0.25, -0.2) is 0 Å². The van der Waals surface area contributed by atoms with Gasteiger partial charge in [-0.15, -0.1) is 0 Å². The molecular weight excluding hydrogens is 282 g/mol. The van der Waals surface area contributed by atoms with Crippen molar-refractivity contribution in [2.75, 3.05) is 5.32 Å². The zero-order valence-electron chi connectivity index (χ0n) is 12.2. The van der Waals surface area contributed by atoms with E-state index in [-0.39, 0.29) is 17.7 Å². The molecule has 2 atom stereocenters. The molecule has 2 aromatic carbocycles. The monoisotopic (exact) mass is 299 g/mol. The molecule has 2 aromatic rings. The molecule has 0 spiro atoms. The minimum absolute atomic E-state index is 0.0314. The molecule has 3 rings (SSSR count). The second-order valence-corrected chi connectivity index (χ2v) is 6.13. The Balaban J connectivity index is 1.73. The van der Waals surface area contributed by atoms with Crippen LogP contribution < -0.4 is 5.32 Å². The molecule has 1 fully saturated rings. The third kappa shape index (κ3) is 2.81. The van der Waals surface area contributed by atoms with Crippen LogP contribution in [0.2, 0.25) is 5.02 Å². The van der Waals surface area contributed by atoms with Gasteiger partial charge in [0.25, 0.3) is 0 Å². The highest BCUT2D eigenvalue weighted by Gasteiger charge is 2.44. The van der Waals surface area contributed by atoms with Gasteiger partial charge in [-0.3, -0.25) is 4.79 Å². The Morgan fingerprint density at radius 3 is 2.43 bits per heavy atom. The quantitative estimate of drug-likeness (QED) is 0.874. The normalized spacial score (nSPS) is 20.1. The highest BCUT2D eigenvalue weighted by Crippen LogP contribution is 2.50. The summed E-state index contributed by atoms with van der Waals surface area (Å²) in [6.07, 6.45) is 0.875. The fourth-order valence-electron chi connectivity index (χ4n) is 2.83. The van der Waals surface area contributed by atoms with Crippen molar-refractivity contribution < 1.29 is 4.79 Å². The number of carbonyl (C=O) groups is 1. The number of para-hydroxylation sites is 1. The first-order valence-electron chi connectivity index (χ1n) is 7.19. The van der Waals surface area contributed by atoms with Crippen LogP contribution in [-0.2, 0) is 4.79 Å². The summed E-state index contributed by atoms with van der Waals surface area (Å²) < 4.78 is 0. The molecular formula is C18H18ClNO. The number of anilines is 1. The van der Waals surface area contributed by atoms with Crippen LogP contribution in [0, 0.1) is 19.8 Å². The molecule has 0 saturated heterocycles. The number of halogens is 1. The summed E-state index contributed by atoms with van der Waals surface area (Å²) in [4.78, 5) is 12.4. The van der Waals surface area contributed by atoms with Crippen LogP contribution >= 0.6 is 11.6 Å². The number of rotatable bonds is 3. The SMILES string of the molecule is Cc1cccc(C)c1NC(=O)C1CC1c1ccccc1Cl. The first kappa shape index (κ1) is 14.2. The topological polar surface area (TPSA) is 29.1 Å². The highest BCUT2D eigenvalue weighted by molar-refractivity contribution is 6.31. The van der Waals surface area contributed by atoms with Crippen molar-refractivity contribution >= 4 is 23.2 Å². The van der Waals surface area contributed by atoms with E-state index in [0.717, 1.165) is 33.8 Å². The molecule has 1 aliphatic carbocycles. The van der Waals surface area contributed by atoms with Gasteiger partial charge in [-0.05, 0) is 48.9 Å². The number of carbonyl (C=O) groups excluding carboxylic acids is 1. The van der Waals surface area contributed by atoms with Crippen LogP contribution in [0.4, 0.5) is 5.69 Å². The van der Waals surface area contributed by atoms with Crippen molar-refractivity contribution in [2.24, 2.45) is 5.92 Å². The lowest BCUT2D eigenvalue weighted by Gasteiger charge is -2.11. The van der Waals surface area contributed by atoms with Crippen LogP contribution in [0.5, 0.6) is 0 Å². The standard InChI is InChI=1S/C18H18ClNO/c1-11-6-5-7-12(2)17(11)20-18(21)15-10-14(15)13-8-3-4-9-16(13)19/h3-9,14-15H,10H2,1-2H3,(H,20,21). The van der Waals surface area contributed by atoms with Crippen LogP contribution in [-0.4, -0.2) is 5.91 Å². The molecule has 21 heavy (non-hydrogen) atoms. The third-order valence-corrected chi connectivity index (χ3v) is 4.51.